The molecule has 2 N–H and O–H groups in total. The van der Waals surface area contributed by atoms with E-state index in [1.807, 2.05) is 0 Å². The summed E-state index contributed by atoms with van der Waals surface area (Å²) >= 11 is 0. The van der Waals surface area contributed by atoms with Gasteiger partial charge >= 0.3 is 11.9 Å². The third-order valence-electron chi connectivity index (χ3n) is 3.38. The molecule has 4 heteroatoms. The van der Waals surface area contributed by atoms with Crippen molar-refractivity contribution in [3.05, 3.63) is 70.8 Å². The fraction of sp³-hybridized carbons (Fsp3) is 0.263. The zero-order valence-electron chi connectivity index (χ0n) is 13.5. The summed E-state index contributed by atoms with van der Waals surface area (Å²) in [4.78, 5) is 21.3. The van der Waals surface area contributed by atoms with Gasteiger partial charge in [0.05, 0.1) is 11.1 Å². The van der Waals surface area contributed by atoms with Crippen molar-refractivity contribution in [2.75, 3.05) is 0 Å². The lowest BCUT2D eigenvalue weighted by Gasteiger charge is -2.03. The van der Waals surface area contributed by atoms with Gasteiger partial charge in [-0.1, -0.05) is 55.8 Å². The highest BCUT2D eigenvalue weighted by Gasteiger charge is 2.17. The van der Waals surface area contributed by atoms with E-state index < -0.39 is 11.9 Å². The largest absolute Gasteiger partial charge is 0.478 e. The van der Waals surface area contributed by atoms with Crippen molar-refractivity contribution in [1.82, 2.24) is 0 Å². The molecule has 122 valence electrons. The van der Waals surface area contributed by atoms with Gasteiger partial charge in [0, 0.05) is 0 Å². The van der Waals surface area contributed by atoms with Gasteiger partial charge in [-0.2, -0.15) is 0 Å². The molecule has 2 aromatic carbocycles. The van der Waals surface area contributed by atoms with E-state index in [1.165, 1.54) is 37.0 Å². The van der Waals surface area contributed by atoms with Crippen LogP contribution in [-0.2, 0) is 6.42 Å². The Bertz CT molecular complexity index is 648. The molecule has 0 aliphatic heterocycles. The summed E-state index contributed by atoms with van der Waals surface area (Å²) in [5.74, 6) is -2.43. The van der Waals surface area contributed by atoms with Crippen LogP contribution in [-0.4, -0.2) is 22.2 Å². The SMILES string of the molecule is CCCCc1ccccc1.Cc1cccc(C(=O)O)c1C(=O)O. The lowest BCUT2D eigenvalue weighted by Crippen LogP contribution is -2.09. The van der Waals surface area contributed by atoms with E-state index in [4.69, 9.17) is 10.2 Å². The van der Waals surface area contributed by atoms with Crippen LogP contribution >= 0.6 is 0 Å². The Balaban J connectivity index is 0.000000238. The molecule has 0 heterocycles. The zero-order chi connectivity index (χ0) is 17.2. The molecular weight excluding hydrogens is 292 g/mol. The highest BCUT2D eigenvalue weighted by Crippen LogP contribution is 2.13. The van der Waals surface area contributed by atoms with E-state index in [0.717, 1.165) is 0 Å². The van der Waals surface area contributed by atoms with Gasteiger partial charge in [0.25, 0.3) is 0 Å². The summed E-state index contributed by atoms with van der Waals surface area (Å²) in [5.41, 5.74) is 1.60. The summed E-state index contributed by atoms with van der Waals surface area (Å²) in [7, 11) is 0. The van der Waals surface area contributed by atoms with E-state index in [0.29, 0.717) is 5.56 Å². The van der Waals surface area contributed by atoms with E-state index >= 15 is 0 Å². The standard InChI is InChI=1S/C10H14.C9H8O4/c1-2-3-7-10-8-5-4-6-9-10;1-5-3-2-4-6(8(10)11)7(5)9(12)13/h4-6,8-9H,2-3,7H2,1H3;2-4H,1H3,(H,10,11)(H,12,13). The average molecular weight is 314 g/mol. The molecule has 0 radical (unpaired) electrons. The normalized spacial score (nSPS) is 9.65. The molecule has 0 bridgehead atoms. The van der Waals surface area contributed by atoms with Gasteiger partial charge in [-0.05, 0) is 37.0 Å². The summed E-state index contributed by atoms with van der Waals surface area (Å²) in [6.07, 6.45) is 3.83. The maximum Gasteiger partial charge on any atom is 0.336 e. The van der Waals surface area contributed by atoms with Crippen molar-refractivity contribution in [2.45, 2.75) is 33.1 Å². The predicted octanol–water partition coefficient (Wildman–Crippen LogP) is 4.42. The fourth-order valence-electron chi connectivity index (χ4n) is 2.16. The number of carboxylic acids is 2. The number of aryl methyl sites for hydroxylation is 2. The molecule has 0 saturated heterocycles. The third kappa shape index (κ3) is 5.94. The molecule has 0 aliphatic carbocycles. The summed E-state index contributed by atoms with van der Waals surface area (Å²) in [6.45, 7) is 3.79. The molecule has 0 spiro atoms. The predicted molar refractivity (Wildman–Crippen MR) is 90.2 cm³/mol. The number of benzene rings is 2. The molecular formula is C19H22O4. The topological polar surface area (TPSA) is 74.6 Å². The van der Waals surface area contributed by atoms with Crippen LogP contribution in [0.1, 0.15) is 51.6 Å². The summed E-state index contributed by atoms with van der Waals surface area (Å²) < 4.78 is 0. The van der Waals surface area contributed by atoms with Gasteiger partial charge in [0.15, 0.2) is 0 Å². The van der Waals surface area contributed by atoms with E-state index in [-0.39, 0.29) is 11.1 Å². The Labute approximate surface area is 136 Å². The second-order valence-electron chi connectivity index (χ2n) is 5.20. The molecule has 0 fully saturated rings. The number of hydrogen-bond donors (Lipinski definition) is 2. The first kappa shape index (κ1) is 18.4. The number of carbonyl (C=O) groups is 2. The van der Waals surface area contributed by atoms with Gasteiger partial charge in [-0.15, -0.1) is 0 Å². The molecule has 2 rings (SSSR count). The summed E-state index contributed by atoms with van der Waals surface area (Å²) in [6, 6.07) is 15.0. The lowest BCUT2D eigenvalue weighted by atomic mass is 10.0. The Morgan fingerprint density at radius 2 is 1.57 bits per heavy atom. The maximum atomic E-state index is 10.7. The molecule has 4 nitrogen and oxygen atoms in total. The molecule has 0 amide bonds. The molecule has 0 saturated carbocycles. The second-order valence-corrected chi connectivity index (χ2v) is 5.20. The van der Waals surface area contributed by atoms with Crippen molar-refractivity contribution in [2.24, 2.45) is 0 Å². The van der Waals surface area contributed by atoms with E-state index in [1.54, 1.807) is 13.0 Å². The van der Waals surface area contributed by atoms with Crippen LogP contribution in [0.15, 0.2) is 48.5 Å². The first-order chi connectivity index (χ1) is 11.0. The highest BCUT2D eigenvalue weighted by molar-refractivity contribution is 6.02. The van der Waals surface area contributed by atoms with Crippen molar-refractivity contribution < 1.29 is 19.8 Å². The van der Waals surface area contributed by atoms with Crippen LogP contribution in [0.25, 0.3) is 0 Å². The Morgan fingerprint density at radius 3 is 2.04 bits per heavy atom. The van der Waals surface area contributed by atoms with Crippen LogP contribution in [0.2, 0.25) is 0 Å². The van der Waals surface area contributed by atoms with Gasteiger partial charge in [0.2, 0.25) is 0 Å². The zero-order valence-corrected chi connectivity index (χ0v) is 13.5. The van der Waals surface area contributed by atoms with Crippen molar-refractivity contribution in [3.8, 4) is 0 Å². The Morgan fingerprint density at radius 1 is 0.913 bits per heavy atom. The number of carboxylic acid groups (broad SMARTS) is 2. The smallest absolute Gasteiger partial charge is 0.336 e. The number of unbranched alkanes of at least 4 members (excludes halogenated alkanes) is 1. The summed E-state index contributed by atoms with van der Waals surface area (Å²) in [5, 5.41) is 17.4. The molecule has 0 aromatic heterocycles. The van der Waals surface area contributed by atoms with Crippen molar-refractivity contribution >= 4 is 11.9 Å². The van der Waals surface area contributed by atoms with Crippen molar-refractivity contribution in [1.29, 1.82) is 0 Å². The quantitative estimate of drug-likeness (QED) is 0.856. The van der Waals surface area contributed by atoms with Crippen LogP contribution in [0.5, 0.6) is 0 Å². The van der Waals surface area contributed by atoms with Crippen LogP contribution in [0, 0.1) is 6.92 Å². The highest BCUT2D eigenvalue weighted by atomic mass is 16.4. The number of aromatic carboxylic acids is 2. The molecule has 0 atom stereocenters. The average Bonchev–Trinajstić information content (AvgIpc) is 2.54. The van der Waals surface area contributed by atoms with Crippen molar-refractivity contribution in [3.63, 3.8) is 0 Å². The number of rotatable bonds is 5. The maximum absolute atomic E-state index is 10.7. The fourth-order valence-corrected chi connectivity index (χ4v) is 2.16. The molecule has 23 heavy (non-hydrogen) atoms. The van der Waals surface area contributed by atoms with Gasteiger partial charge in [-0.3, -0.25) is 0 Å². The van der Waals surface area contributed by atoms with Gasteiger partial charge in [-0.25, -0.2) is 9.59 Å². The molecule has 0 aliphatic rings. The first-order valence-electron chi connectivity index (χ1n) is 7.57. The van der Waals surface area contributed by atoms with Gasteiger partial charge in [0.1, 0.15) is 0 Å². The Hall–Kier alpha value is -2.62. The molecule has 0 unspecified atom stereocenters. The van der Waals surface area contributed by atoms with E-state index in [2.05, 4.69) is 37.3 Å². The lowest BCUT2D eigenvalue weighted by molar-refractivity contribution is 0.0651. The van der Waals surface area contributed by atoms with E-state index in [9.17, 15) is 9.59 Å². The van der Waals surface area contributed by atoms with Gasteiger partial charge < -0.3 is 10.2 Å². The van der Waals surface area contributed by atoms with Crippen LogP contribution < -0.4 is 0 Å². The van der Waals surface area contributed by atoms with Crippen LogP contribution in [0.4, 0.5) is 0 Å². The Kier molecular flexibility index (Phi) is 7.54. The minimum Gasteiger partial charge on any atom is -0.478 e. The minimum atomic E-state index is -1.22. The minimum absolute atomic E-state index is 0.144. The second kappa shape index (κ2) is 9.41. The van der Waals surface area contributed by atoms with Crippen LogP contribution in [0.3, 0.4) is 0 Å². The molecule has 2 aromatic rings. The number of hydrogen-bond acceptors (Lipinski definition) is 2. The monoisotopic (exact) mass is 314 g/mol. The third-order valence-corrected chi connectivity index (χ3v) is 3.38. The first-order valence-corrected chi connectivity index (χ1v) is 7.57.